The predicted octanol–water partition coefficient (Wildman–Crippen LogP) is 4.49. The van der Waals surface area contributed by atoms with Gasteiger partial charge in [0.05, 0.1) is 0 Å². The number of halogens is 1. The van der Waals surface area contributed by atoms with Gasteiger partial charge in [-0.05, 0) is 60.5 Å². The molecule has 3 aromatic rings. The van der Waals surface area contributed by atoms with Crippen molar-refractivity contribution in [2.75, 3.05) is 11.9 Å². The zero-order valence-corrected chi connectivity index (χ0v) is 13.8. The van der Waals surface area contributed by atoms with Gasteiger partial charge in [-0.2, -0.15) is 0 Å². The summed E-state index contributed by atoms with van der Waals surface area (Å²) in [5.41, 5.74) is 2.90. The van der Waals surface area contributed by atoms with Crippen molar-refractivity contribution >= 4 is 23.3 Å². The first-order valence-electron chi connectivity index (χ1n) is 7.73. The Kier molecular flexibility index (Phi) is 5.18. The third-order valence-electron chi connectivity index (χ3n) is 3.62. The van der Waals surface area contributed by atoms with E-state index in [9.17, 15) is 4.79 Å². The lowest BCUT2D eigenvalue weighted by molar-refractivity contribution is 0.252. The van der Waals surface area contributed by atoms with Crippen molar-refractivity contribution in [2.45, 2.75) is 6.42 Å². The zero-order valence-electron chi connectivity index (χ0n) is 13.1. The second kappa shape index (κ2) is 7.70. The Hall–Kier alpha value is -2.72. The summed E-state index contributed by atoms with van der Waals surface area (Å²) in [6, 6.07) is 19.0. The van der Waals surface area contributed by atoms with E-state index < -0.39 is 0 Å². The number of hydrogen-bond donors (Lipinski definition) is 2. The molecule has 0 aliphatic carbocycles. The number of benzene rings is 2. The molecule has 0 aliphatic heterocycles. The van der Waals surface area contributed by atoms with E-state index in [0.29, 0.717) is 11.6 Å². The molecule has 2 aromatic carbocycles. The van der Waals surface area contributed by atoms with Crippen LogP contribution in [0.15, 0.2) is 73.1 Å². The molecule has 5 heteroatoms. The minimum absolute atomic E-state index is 0.217. The van der Waals surface area contributed by atoms with E-state index in [1.165, 1.54) is 0 Å². The Morgan fingerprint density at radius 2 is 1.75 bits per heavy atom. The summed E-state index contributed by atoms with van der Waals surface area (Å²) in [5.74, 6) is 0. The van der Waals surface area contributed by atoms with Crippen molar-refractivity contribution in [1.29, 1.82) is 0 Å². The molecule has 0 unspecified atom stereocenters. The van der Waals surface area contributed by atoms with Crippen LogP contribution in [0.3, 0.4) is 0 Å². The van der Waals surface area contributed by atoms with Gasteiger partial charge in [0, 0.05) is 35.3 Å². The summed E-state index contributed by atoms with van der Waals surface area (Å²) in [6.07, 6.45) is 4.69. The molecular weight excluding hydrogens is 322 g/mol. The third kappa shape index (κ3) is 4.40. The first kappa shape index (κ1) is 16.1. The van der Waals surface area contributed by atoms with Gasteiger partial charge in [0.2, 0.25) is 0 Å². The second-order valence-corrected chi connectivity index (χ2v) is 5.83. The molecule has 0 saturated carbocycles. The Labute approximate surface area is 146 Å². The highest BCUT2D eigenvalue weighted by Gasteiger charge is 2.02. The van der Waals surface area contributed by atoms with Crippen LogP contribution in [-0.4, -0.2) is 17.1 Å². The van der Waals surface area contributed by atoms with Crippen LogP contribution in [-0.2, 0) is 6.42 Å². The van der Waals surface area contributed by atoms with Gasteiger partial charge < -0.3 is 15.2 Å². The molecule has 1 heterocycles. The van der Waals surface area contributed by atoms with Gasteiger partial charge in [0.15, 0.2) is 0 Å². The maximum absolute atomic E-state index is 11.9. The van der Waals surface area contributed by atoms with Crippen LogP contribution in [0.4, 0.5) is 10.5 Å². The quantitative estimate of drug-likeness (QED) is 0.706. The van der Waals surface area contributed by atoms with E-state index in [1.807, 2.05) is 77.6 Å². The van der Waals surface area contributed by atoms with Crippen LogP contribution in [0.2, 0.25) is 5.02 Å². The molecule has 0 fully saturated rings. The fourth-order valence-corrected chi connectivity index (χ4v) is 2.62. The van der Waals surface area contributed by atoms with E-state index in [-0.39, 0.29) is 6.03 Å². The number of amides is 2. The van der Waals surface area contributed by atoms with Crippen LogP contribution in [0.5, 0.6) is 0 Å². The molecule has 4 nitrogen and oxygen atoms in total. The normalized spacial score (nSPS) is 10.4. The molecule has 0 bridgehead atoms. The molecule has 0 radical (unpaired) electrons. The maximum Gasteiger partial charge on any atom is 0.319 e. The topological polar surface area (TPSA) is 46.1 Å². The van der Waals surface area contributed by atoms with Gasteiger partial charge in [-0.3, -0.25) is 0 Å². The summed E-state index contributed by atoms with van der Waals surface area (Å²) in [7, 11) is 0. The van der Waals surface area contributed by atoms with Gasteiger partial charge >= 0.3 is 6.03 Å². The average Bonchev–Trinajstić information content (AvgIpc) is 3.10. The Morgan fingerprint density at radius 3 is 2.46 bits per heavy atom. The Morgan fingerprint density at radius 1 is 1.00 bits per heavy atom. The molecule has 0 atom stereocenters. The van der Waals surface area contributed by atoms with Crippen LogP contribution in [0.1, 0.15) is 5.56 Å². The first-order chi connectivity index (χ1) is 11.7. The number of anilines is 1. The number of nitrogens with one attached hydrogen (secondary N) is 2. The van der Waals surface area contributed by atoms with Crippen molar-refractivity contribution in [3.63, 3.8) is 0 Å². The molecule has 1 aromatic heterocycles. The highest BCUT2D eigenvalue weighted by atomic mass is 35.5. The number of hydrogen-bond acceptors (Lipinski definition) is 1. The van der Waals surface area contributed by atoms with Crippen molar-refractivity contribution < 1.29 is 4.79 Å². The number of urea groups is 1. The molecule has 3 rings (SSSR count). The summed E-state index contributed by atoms with van der Waals surface area (Å²) < 4.78 is 2.01. The number of carbonyl (C=O) groups excluding carboxylic acids is 1. The molecule has 24 heavy (non-hydrogen) atoms. The van der Waals surface area contributed by atoms with Crippen molar-refractivity contribution in [3.05, 3.63) is 83.6 Å². The van der Waals surface area contributed by atoms with E-state index in [1.54, 1.807) is 0 Å². The third-order valence-corrected chi connectivity index (χ3v) is 3.85. The van der Waals surface area contributed by atoms with Gasteiger partial charge in [0.25, 0.3) is 0 Å². The van der Waals surface area contributed by atoms with Crippen LogP contribution in [0.25, 0.3) is 5.69 Å². The largest absolute Gasteiger partial charge is 0.338 e. The lowest BCUT2D eigenvalue weighted by Gasteiger charge is -2.09. The molecule has 2 N–H and O–H groups in total. The fourth-order valence-electron chi connectivity index (χ4n) is 2.41. The smallest absolute Gasteiger partial charge is 0.319 e. The lowest BCUT2D eigenvalue weighted by atomic mass is 10.1. The molecular formula is C19H18ClN3O. The van der Waals surface area contributed by atoms with E-state index in [4.69, 9.17) is 11.6 Å². The second-order valence-electron chi connectivity index (χ2n) is 5.40. The van der Waals surface area contributed by atoms with Crippen molar-refractivity contribution in [1.82, 2.24) is 9.88 Å². The number of aromatic nitrogens is 1. The monoisotopic (exact) mass is 339 g/mol. The van der Waals surface area contributed by atoms with Crippen molar-refractivity contribution in [3.8, 4) is 5.69 Å². The highest BCUT2D eigenvalue weighted by Crippen LogP contribution is 2.13. The summed E-state index contributed by atoms with van der Waals surface area (Å²) in [6.45, 7) is 0.549. The average molecular weight is 340 g/mol. The van der Waals surface area contributed by atoms with E-state index >= 15 is 0 Å². The van der Waals surface area contributed by atoms with Gasteiger partial charge in [-0.15, -0.1) is 0 Å². The Balaban J connectivity index is 1.48. The molecule has 0 spiro atoms. The first-order valence-corrected chi connectivity index (χ1v) is 8.11. The minimum atomic E-state index is -0.217. The Bertz CT molecular complexity index is 798. The summed E-state index contributed by atoms with van der Waals surface area (Å²) in [5, 5.41) is 6.38. The molecule has 0 saturated heterocycles. The fraction of sp³-hybridized carbons (Fsp3) is 0.105. The van der Waals surface area contributed by atoms with Crippen molar-refractivity contribution in [2.24, 2.45) is 0 Å². The SMILES string of the molecule is O=C(NCCc1cccc(Cl)c1)Nc1ccc(-n2cccc2)cc1. The standard InChI is InChI=1S/C19H18ClN3O/c20-16-5-3-4-15(14-16)10-11-21-19(24)22-17-6-8-18(9-7-17)23-12-1-2-13-23/h1-9,12-14H,10-11H2,(H2,21,22,24). The number of carbonyl (C=O) groups is 1. The van der Waals surface area contributed by atoms with Gasteiger partial charge in [0.1, 0.15) is 0 Å². The lowest BCUT2D eigenvalue weighted by Crippen LogP contribution is -2.30. The number of nitrogens with zero attached hydrogens (tertiary/aromatic N) is 1. The molecule has 122 valence electrons. The van der Waals surface area contributed by atoms with Crippen LogP contribution >= 0.6 is 11.6 Å². The maximum atomic E-state index is 11.9. The minimum Gasteiger partial charge on any atom is -0.338 e. The van der Waals surface area contributed by atoms with Gasteiger partial charge in [-0.1, -0.05) is 23.7 Å². The predicted molar refractivity (Wildman–Crippen MR) is 97.9 cm³/mol. The summed E-state index contributed by atoms with van der Waals surface area (Å²) in [4.78, 5) is 11.9. The molecule has 0 aliphatic rings. The summed E-state index contributed by atoms with van der Waals surface area (Å²) >= 11 is 5.94. The number of rotatable bonds is 5. The molecule has 2 amide bonds. The van der Waals surface area contributed by atoms with E-state index in [0.717, 1.165) is 23.4 Å². The van der Waals surface area contributed by atoms with Crippen LogP contribution < -0.4 is 10.6 Å². The highest BCUT2D eigenvalue weighted by molar-refractivity contribution is 6.30. The van der Waals surface area contributed by atoms with Crippen LogP contribution in [0, 0.1) is 0 Å². The zero-order chi connectivity index (χ0) is 16.8. The van der Waals surface area contributed by atoms with E-state index in [2.05, 4.69) is 10.6 Å². The van der Waals surface area contributed by atoms with Gasteiger partial charge in [-0.25, -0.2) is 4.79 Å².